The average molecular weight is 372 g/mol. The number of hydrogen-bond acceptors (Lipinski definition) is 1. The van der Waals surface area contributed by atoms with Crippen LogP contribution in [-0.2, 0) is 6.42 Å². The second kappa shape index (κ2) is 5.87. The summed E-state index contributed by atoms with van der Waals surface area (Å²) >= 11 is 16.8. The van der Waals surface area contributed by atoms with Crippen LogP contribution in [0.5, 0.6) is 0 Å². The molecule has 0 nitrogen and oxygen atoms in total. The summed E-state index contributed by atoms with van der Waals surface area (Å²) in [5.74, 6) is -1.71. The number of halogens is 5. The molecule has 0 bridgehead atoms. The summed E-state index contributed by atoms with van der Waals surface area (Å²) < 4.78 is 27.3. The zero-order chi connectivity index (χ0) is 13.3. The summed E-state index contributed by atoms with van der Waals surface area (Å²) in [5.41, 5.74) is 0.648. The topological polar surface area (TPSA) is 0 Å². The van der Waals surface area contributed by atoms with E-state index in [1.54, 1.807) is 0 Å². The third-order valence-corrected chi connectivity index (χ3v) is 5.48. The lowest BCUT2D eigenvalue weighted by atomic mass is 10.1. The molecular weight excluding hydrogens is 365 g/mol. The van der Waals surface area contributed by atoms with E-state index >= 15 is 0 Å². The van der Waals surface area contributed by atoms with Crippen LogP contribution in [0.3, 0.4) is 0 Å². The third-order valence-electron chi connectivity index (χ3n) is 2.37. The van der Waals surface area contributed by atoms with Gasteiger partial charge in [0.15, 0.2) is 11.6 Å². The monoisotopic (exact) mass is 370 g/mol. The molecule has 1 aromatic carbocycles. The lowest BCUT2D eigenvalue weighted by Crippen LogP contribution is -1.95. The van der Waals surface area contributed by atoms with E-state index in [-0.39, 0.29) is 5.38 Å². The lowest BCUT2D eigenvalue weighted by Gasteiger charge is -2.07. The number of rotatable bonds is 3. The highest BCUT2D eigenvalue weighted by atomic mass is 79.9. The summed E-state index contributed by atoms with van der Waals surface area (Å²) in [7, 11) is 0. The Morgan fingerprint density at radius 1 is 1.22 bits per heavy atom. The van der Waals surface area contributed by atoms with Crippen LogP contribution in [0.1, 0.15) is 15.8 Å². The largest absolute Gasteiger partial charge is 0.204 e. The number of thiophene rings is 1. The first kappa shape index (κ1) is 14.3. The minimum absolute atomic E-state index is 0.316. The van der Waals surface area contributed by atoms with Crippen LogP contribution in [0.15, 0.2) is 28.7 Å². The van der Waals surface area contributed by atoms with Gasteiger partial charge in [0.05, 0.1) is 5.38 Å². The minimum Gasteiger partial charge on any atom is -0.204 e. The van der Waals surface area contributed by atoms with Crippen LogP contribution in [0.2, 0.25) is 4.34 Å². The van der Waals surface area contributed by atoms with Crippen LogP contribution >= 0.6 is 50.5 Å². The van der Waals surface area contributed by atoms with Crippen molar-refractivity contribution in [2.45, 2.75) is 11.8 Å². The van der Waals surface area contributed by atoms with E-state index in [1.165, 1.54) is 17.4 Å². The molecule has 96 valence electrons. The van der Waals surface area contributed by atoms with Gasteiger partial charge in [0.2, 0.25) is 0 Å². The van der Waals surface area contributed by atoms with Crippen molar-refractivity contribution in [2.24, 2.45) is 0 Å². The van der Waals surface area contributed by atoms with Crippen molar-refractivity contribution in [3.05, 3.63) is 55.1 Å². The Bertz CT molecular complexity index is 552. The van der Waals surface area contributed by atoms with Gasteiger partial charge in [0.1, 0.15) is 4.34 Å². The van der Waals surface area contributed by atoms with Gasteiger partial charge in [-0.2, -0.15) is 0 Å². The Kier molecular flexibility index (Phi) is 4.64. The van der Waals surface area contributed by atoms with E-state index in [2.05, 4.69) is 15.9 Å². The van der Waals surface area contributed by atoms with E-state index < -0.39 is 11.6 Å². The summed E-state index contributed by atoms with van der Waals surface area (Å²) in [6.07, 6.45) is 0.419. The van der Waals surface area contributed by atoms with Gasteiger partial charge in [-0.25, -0.2) is 8.78 Å². The molecule has 0 spiro atoms. The molecule has 0 N–H and O–H groups in total. The van der Waals surface area contributed by atoms with Crippen molar-refractivity contribution in [1.29, 1.82) is 0 Å². The van der Waals surface area contributed by atoms with E-state index in [1.807, 2.05) is 6.07 Å². The van der Waals surface area contributed by atoms with Crippen molar-refractivity contribution in [2.75, 3.05) is 0 Å². The fraction of sp³-hybridized carbons (Fsp3) is 0.167. The minimum atomic E-state index is -0.859. The molecule has 1 atom stereocenters. The predicted octanol–water partition coefficient (Wildman–Crippen LogP) is 5.96. The highest BCUT2D eigenvalue weighted by molar-refractivity contribution is 9.10. The zero-order valence-corrected chi connectivity index (χ0v) is 12.8. The van der Waals surface area contributed by atoms with Gasteiger partial charge in [-0.15, -0.1) is 22.9 Å². The molecule has 0 aliphatic heterocycles. The van der Waals surface area contributed by atoms with Gasteiger partial charge in [0, 0.05) is 9.35 Å². The van der Waals surface area contributed by atoms with Crippen molar-refractivity contribution in [3.8, 4) is 0 Å². The van der Waals surface area contributed by atoms with Gasteiger partial charge in [0.25, 0.3) is 0 Å². The second-order valence-electron chi connectivity index (χ2n) is 3.69. The number of benzene rings is 1. The fourth-order valence-corrected chi connectivity index (χ4v) is 3.58. The highest BCUT2D eigenvalue weighted by Gasteiger charge is 2.15. The second-order valence-corrected chi connectivity index (χ2v) is 6.76. The van der Waals surface area contributed by atoms with E-state index in [9.17, 15) is 8.78 Å². The smallest absolute Gasteiger partial charge is 0.159 e. The Hall–Kier alpha value is -0.160. The maximum Gasteiger partial charge on any atom is 0.159 e. The molecule has 0 fully saturated rings. The Balaban J connectivity index is 2.15. The van der Waals surface area contributed by atoms with Gasteiger partial charge in [-0.3, -0.25) is 0 Å². The van der Waals surface area contributed by atoms with Crippen LogP contribution in [0.4, 0.5) is 8.78 Å². The highest BCUT2D eigenvalue weighted by Crippen LogP contribution is 2.38. The van der Waals surface area contributed by atoms with Gasteiger partial charge in [-0.05, 0) is 46.1 Å². The Labute approximate surface area is 126 Å². The van der Waals surface area contributed by atoms with Crippen LogP contribution in [0.25, 0.3) is 0 Å². The van der Waals surface area contributed by atoms with Gasteiger partial charge in [-0.1, -0.05) is 17.7 Å². The molecule has 2 rings (SSSR count). The van der Waals surface area contributed by atoms with E-state index in [4.69, 9.17) is 23.2 Å². The standard InChI is InChI=1S/C12H7BrCl2F2S/c13-7-5-11(18-12(7)15)8(14)3-6-1-2-9(16)10(17)4-6/h1-2,4-5,8H,3H2. The molecule has 1 aromatic heterocycles. The van der Waals surface area contributed by atoms with Crippen LogP contribution < -0.4 is 0 Å². The SMILES string of the molecule is Fc1ccc(CC(Cl)c2cc(Br)c(Cl)s2)cc1F. The van der Waals surface area contributed by atoms with Crippen molar-refractivity contribution in [1.82, 2.24) is 0 Å². The molecule has 0 saturated heterocycles. The quantitative estimate of drug-likeness (QED) is 0.583. The number of hydrogen-bond donors (Lipinski definition) is 0. The maximum absolute atomic E-state index is 13.1. The zero-order valence-electron chi connectivity index (χ0n) is 8.89. The van der Waals surface area contributed by atoms with Crippen LogP contribution in [0, 0.1) is 11.6 Å². The predicted molar refractivity (Wildman–Crippen MR) is 75.7 cm³/mol. The molecule has 1 heterocycles. The lowest BCUT2D eigenvalue weighted by molar-refractivity contribution is 0.507. The van der Waals surface area contributed by atoms with Crippen molar-refractivity contribution in [3.63, 3.8) is 0 Å². The fourth-order valence-electron chi connectivity index (χ4n) is 1.49. The average Bonchev–Trinajstić information content (AvgIpc) is 2.65. The summed E-state index contributed by atoms with van der Waals surface area (Å²) in [6.45, 7) is 0. The van der Waals surface area contributed by atoms with Crippen molar-refractivity contribution >= 4 is 50.5 Å². The van der Waals surface area contributed by atoms with Crippen molar-refractivity contribution < 1.29 is 8.78 Å². The van der Waals surface area contributed by atoms with Gasteiger partial charge < -0.3 is 0 Å². The third kappa shape index (κ3) is 3.23. The normalized spacial score (nSPS) is 12.7. The molecule has 2 aromatic rings. The molecular formula is C12H7BrCl2F2S. The first-order valence-electron chi connectivity index (χ1n) is 5.00. The van der Waals surface area contributed by atoms with E-state index in [0.717, 1.165) is 21.5 Å². The Morgan fingerprint density at radius 2 is 1.94 bits per heavy atom. The summed E-state index contributed by atoms with van der Waals surface area (Å²) in [6, 6.07) is 5.63. The van der Waals surface area contributed by atoms with E-state index in [0.29, 0.717) is 16.3 Å². The molecule has 1 unspecified atom stereocenters. The molecule has 0 saturated carbocycles. The summed E-state index contributed by atoms with van der Waals surface area (Å²) in [4.78, 5) is 0.887. The van der Waals surface area contributed by atoms with Gasteiger partial charge >= 0.3 is 0 Å². The molecule has 6 heteroatoms. The maximum atomic E-state index is 13.1. The summed E-state index contributed by atoms with van der Waals surface area (Å²) in [5, 5.41) is -0.316. The first-order valence-corrected chi connectivity index (χ1v) is 7.42. The Morgan fingerprint density at radius 3 is 2.50 bits per heavy atom. The number of alkyl halides is 1. The molecule has 0 amide bonds. The molecule has 18 heavy (non-hydrogen) atoms. The molecule has 0 aliphatic carbocycles. The molecule has 0 radical (unpaired) electrons. The molecule has 0 aliphatic rings. The first-order chi connectivity index (χ1) is 8.47. The van der Waals surface area contributed by atoms with Crippen LogP contribution in [-0.4, -0.2) is 0 Å².